The van der Waals surface area contributed by atoms with Crippen LogP contribution < -0.4 is 10.5 Å². The first-order chi connectivity index (χ1) is 7.69. The number of rotatable bonds is 5. The van der Waals surface area contributed by atoms with Crippen LogP contribution >= 0.6 is 0 Å². The molecule has 0 aliphatic carbocycles. The molecule has 0 heterocycles. The van der Waals surface area contributed by atoms with Crippen LogP contribution in [0.5, 0.6) is 5.75 Å². The van der Waals surface area contributed by atoms with Gasteiger partial charge < -0.3 is 15.2 Å². The lowest BCUT2D eigenvalue weighted by molar-refractivity contribution is 0.0490. The van der Waals surface area contributed by atoms with Gasteiger partial charge in [0.2, 0.25) is 0 Å². The van der Waals surface area contributed by atoms with Crippen LogP contribution in [-0.4, -0.2) is 26.4 Å². The van der Waals surface area contributed by atoms with E-state index in [0.29, 0.717) is 11.4 Å². The second-order valence-electron chi connectivity index (χ2n) is 3.14. The highest BCUT2D eigenvalue weighted by molar-refractivity contribution is 5.93. The molecule has 1 aromatic rings. The number of nitrogens with two attached hydrogens (primary N) is 1. The van der Waals surface area contributed by atoms with Crippen molar-refractivity contribution in [1.29, 1.82) is 0 Å². The van der Waals surface area contributed by atoms with E-state index in [0.717, 1.165) is 0 Å². The van der Waals surface area contributed by atoms with Gasteiger partial charge in [0.05, 0.1) is 20.4 Å². The lowest BCUT2D eigenvalue weighted by Gasteiger charge is -2.08. The predicted molar refractivity (Wildman–Crippen MR) is 58.3 cm³/mol. The first kappa shape index (κ1) is 12.3. The zero-order valence-corrected chi connectivity index (χ0v) is 9.03. The molecule has 88 valence electrons. The maximum atomic E-state index is 11.8. The van der Waals surface area contributed by atoms with Crippen molar-refractivity contribution in [3.63, 3.8) is 0 Å². The lowest BCUT2D eigenvalue weighted by Crippen LogP contribution is -2.09. The normalized spacial score (nSPS) is 9.88. The van der Waals surface area contributed by atoms with Gasteiger partial charge in [-0.25, -0.2) is 4.79 Å². The number of benzene rings is 1. The number of alkyl halides is 1. The Kier molecular flexibility index (Phi) is 4.57. The van der Waals surface area contributed by atoms with E-state index in [4.69, 9.17) is 15.2 Å². The van der Waals surface area contributed by atoms with Gasteiger partial charge in [0.1, 0.15) is 11.3 Å². The zero-order valence-electron chi connectivity index (χ0n) is 9.03. The molecule has 0 radical (unpaired) electrons. The standard InChI is InChI=1S/C11H14FNO3/c1-15-10-4-3-8(13)7-9(10)11(14)16-6-2-5-12/h3-4,7H,2,5-6,13H2,1H3. The van der Waals surface area contributed by atoms with Crippen molar-refractivity contribution in [1.82, 2.24) is 0 Å². The van der Waals surface area contributed by atoms with Crippen LogP contribution in [0.1, 0.15) is 16.8 Å². The Bertz CT molecular complexity index is 368. The fraction of sp³-hybridized carbons (Fsp3) is 0.364. The Morgan fingerprint density at radius 2 is 2.25 bits per heavy atom. The van der Waals surface area contributed by atoms with E-state index in [-0.39, 0.29) is 18.6 Å². The minimum Gasteiger partial charge on any atom is -0.496 e. The molecule has 0 unspecified atom stereocenters. The molecule has 0 saturated heterocycles. The van der Waals surface area contributed by atoms with Crippen LogP contribution in [0.4, 0.5) is 10.1 Å². The molecule has 5 heteroatoms. The molecule has 1 rings (SSSR count). The maximum Gasteiger partial charge on any atom is 0.341 e. The summed E-state index contributed by atoms with van der Waals surface area (Å²) >= 11 is 0. The highest BCUT2D eigenvalue weighted by atomic mass is 19.1. The molecule has 0 aliphatic heterocycles. The van der Waals surface area contributed by atoms with Crippen LogP contribution in [0, 0.1) is 0 Å². The molecule has 4 nitrogen and oxygen atoms in total. The molecule has 0 atom stereocenters. The number of nitrogen functional groups attached to an aromatic ring is 1. The third-order valence-electron chi connectivity index (χ3n) is 1.95. The summed E-state index contributed by atoms with van der Waals surface area (Å²) in [7, 11) is 1.45. The van der Waals surface area contributed by atoms with Gasteiger partial charge in [0.25, 0.3) is 0 Å². The number of methoxy groups -OCH3 is 1. The molecular formula is C11H14FNO3. The van der Waals surface area contributed by atoms with Gasteiger partial charge in [-0.1, -0.05) is 0 Å². The molecule has 0 aromatic heterocycles. The summed E-state index contributed by atoms with van der Waals surface area (Å²) in [4.78, 5) is 11.6. The van der Waals surface area contributed by atoms with E-state index >= 15 is 0 Å². The Labute approximate surface area is 93.2 Å². The monoisotopic (exact) mass is 227 g/mol. The number of anilines is 1. The first-order valence-corrected chi connectivity index (χ1v) is 4.85. The molecule has 0 bridgehead atoms. The third kappa shape index (κ3) is 3.12. The molecule has 0 fully saturated rings. The van der Waals surface area contributed by atoms with Crippen LogP contribution in [0.15, 0.2) is 18.2 Å². The van der Waals surface area contributed by atoms with E-state index in [9.17, 15) is 9.18 Å². The van der Waals surface area contributed by atoms with Crippen molar-refractivity contribution in [2.24, 2.45) is 0 Å². The van der Waals surface area contributed by atoms with Gasteiger partial charge in [0, 0.05) is 12.1 Å². The van der Waals surface area contributed by atoms with E-state index in [2.05, 4.69) is 0 Å². The van der Waals surface area contributed by atoms with E-state index in [1.54, 1.807) is 12.1 Å². The molecule has 0 saturated carbocycles. The van der Waals surface area contributed by atoms with Gasteiger partial charge in [-0.15, -0.1) is 0 Å². The number of hydrogen-bond acceptors (Lipinski definition) is 4. The predicted octanol–water partition coefficient (Wildman–Crippen LogP) is 1.79. The zero-order chi connectivity index (χ0) is 12.0. The number of halogens is 1. The summed E-state index contributed by atoms with van der Waals surface area (Å²) in [5, 5.41) is 0. The Hall–Kier alpha value is -1.78. The Morgan fingerprint density at radius 1 is 1.50 bits per heavy atom. The van der Waals surface area contributed by atoms with Gasteiger partial charge in [-0.2, -0.15) is 0 Å². The second kappa shape index (κ2) is 5.95. The van der Waals surface area contributed by atoms with Crippen LogP contribution in [0.2, 0.25) is 0 Å². The number of carbonyl (C=O) groups is 1. The van der Waals surface area contributed by atoms with E-state index < -0.39 is 12.6 Å². The highest BCUT2D eigenvalue weighted by Crippen LogP contribution is 2.21. The average Bonchev–Trinajstić information content (AvgIpc) is 2.29. The van der Waals surface area contributed by atoms with Crippen molar-refractivity contribution in [3.8, 4) is 5.75 Å². The van der Waals surface area contributed by atoms with Crippen LogP contribution in [0.25, 0.3) is 0 Å². The average molecular weight is 227 g/mol. The topological polar surface area (TPSA) is 61.5 Å². The van der Waals surface area contributed by atoms with E-state index in [1.807, 2.05) is 0 Å². The molecule has 0 aliphatic rings. The number of carbonyl (C=O) groups excluding carboxylic acids is 1. The summed E-state index contributed by atoms with van der Waals surface area (Å²) in [5.41, 5.74) is 6.25. The van der Waals surface area contributed by atoms with Crippen molar-refractivity contribution >= 4 is 11.7 Å². The van der Waals surface area contributed by atoms with Gasteiger partial charge in [-0.05, 0) is 18.2 Å². The van der Waals surface area contributed by atoms with Gasteiger partial charge in [0.15, 0.2) is 0 Å². The second-order valence-corrected chi connectivity index (χ2v) is 3.14. The fourth-order valence-corrected chi connectivity index (χ4v) is 1.18. The number of esters is 1. The SMILES string of the molecule is COc1ccc(N)cc1C(=O)OCCCF. The summed E-state index contributed by atoms with van der Waals surface area (Å²) in [6, 6.07) is 4.68. The molecule has 0 spiro atoms. The van der Waals surface area contributed by atoms with Gasteiger partial charge in [-0.3, -0.25) is 4.39 Å². The van der Waals surface area contributed by atoms with Crippen molar-refractivity contribution in [2.45, 2.75) is 6.42 Å². The minimum atomic E-state index is -0.558. The van der Waals surface area contributed by atoms with Crippen molar-refractivity contribution < 1.29 is 18.7 Å². The van der Waals surface area contributed by atoms with Crippen molar-refractivity contribution in [2.75, 3.05) is 26.1 Å². The van der Waals surface area contributed by atoms with Crippen molar-refractivity contribution in [3.05, 3.63) is 23.8 Å². The van der Waals surface area contributed by atoms with Crippen LogP contribution in [-0.2, 0) is 4.74 Å². The molecule has 2 N–H and O–H groups in total. The quantitative estimate of drug-likeness (QED) is 0.473. The third-order valence-corrected chi connectivity index (χ3v) is 1.95. The lowest BCUT2D eigenvalue weighted by atomic mass is 10.2. The number of ether oxygens (including phenoxy) is 2. The van der Waals surface area contributed by atoms with E-state index in [1.165, 1.54) is 13.2 Å². The van der Waals surface area contributed by atoms with Crippen LogP contribution in [0.3, 0.4) is 0 Å². The van der Waals surface area contributed by atoms with Gasteiger partial charge >= 0.3 is 5.97 Å². The summed E-state index contributed by atoms with van der Waals surface area (Å²) < 4.78 is 21.7. The number of hydrogen-bond donors (Lipinski definition) is 1. The molecule has 0 amide bonds. The highest BCUT2D eigenvalue weighted by Gasteiger charge is 2.13. The maximum absolute atomic E-state index is 11.8. The largest absolute Gasteiger partial charge is 0.496 e. The molecule has 1 aromatic carbocycles. The summed E-state index contributed by atoms with van der Waals surface area (Å²) in [6.07, 6.45) is 0.191. The smallest absolute Gasteiger partial charge is 0.341 e. The summed E-state index contributed by atoms with van der Waals surface area (Å²) in [6.45, 7) is -0.464. The Balaban J connectivity index is 2.76. The molecule has 16 heavy (non-hydrogen) atoms. The first-order valence-electron chi connectivity index (χ1n) is 4.85. The summed E-state index contributed by atoms with van der Waals surface area (Å²) in [5.74, 6) is -0.169. The minimum absolute atomic E-state index is 0.0489. The Morgan fingerprint density at radius 3 is 2.88 bits per heavy atom. The fourth-order valence-electron chi connectivity index (χ4n) is 1.18. The molecular weight excluding hydrogens is 213 g/mol.